The molecule has 0 radical (unpaired) electrons. The van der Waals surface area contributed by atoms with Crippen molar-refractivity contribution in [2.45, 2.75) is 12.5 Å². The van der Waals surface area contributed by atoms with E-state index in [-0.39, 0.29) is 6.04 Å². The molecule has 0 saturated heterocycles. The Balaban J connectivity index is 1.90. The topological polar surface area (TPSA) is 83.1 Å². The van der Waals surface area contributed by atoms with E-state index in [2.05, 4.69) is 5.10 Å². The molecular formula is C15H12N2O4S. The first-order chi connectivity index (χ1) is 10.6. The van der Waals surface area contributed by atoms with E-state index < -0.39 is 11.9 Å². The van der Waals surface area contributed by atoms with Crippen LogP contribution >= 0.6 is 11.3 Å². The second kappa shape index (κ2) is 5.98. The first kappa shape index (κ1) is 14.3. The molecule has 0 unspecified atom stereocenters. The molecule has 1 atom stereocenters. The molecule has 0 fully saturated rings. The molecule has 6 nitrogen and oxygen atoms in total. The molecule has 2 aromatic rings. The van der Waals surface area contributed by atoms with Crippen molar-refractivity contribution in [1.82, 2.24) is 5.01 Å². The van der Waals surface area contributed by atoms with Gasteiger partial charge in [-0.2, -0.15) is 5.10 Å². The van der Waals surface area contributed by atoms with Crippen LogP contribution in [0.5, 0.6) is 0 Å². The zero-order valence-corrected chi connectivity index (χ0v) is 12.2. The molecule has 0 saturated carbocycles. The first-order valence-electron chi connectivity index (χ1n) is 6.54. The molecule has 112 valence electrons. The lowest BCUT2D eigenvalue weighted by Gasteiger charge is -2.17. The summed E-state index contributed by atoms with van der Waals surface area (Å²) < 4.78 is 5.38. The number of amides is 1. The molecule has 1 amide bonds. The minimum Gasteiger partial charge on any atom is -0.478 e. The van der Waals surface area contributed by atoms with E-state index in [1.165, 1.54) is 22.6 Å². The number of nitrogens with zero attached hydrogens (tertiary/aromatic N) is 2. The maximum Gasteiger partial charge on any atom is 0.328 e. The second-order valence-electron chi connectivity index (χ2n) is 4.61. The summed E-state index contributed by atoms with van der Waals surface area (Å²) in [5, 5.41) is 16.2. The van der Waals surface area contributed by atoms with Crippen molar-refractivity contribution in [3.8, 4) is 0 Å². The molecule has 0 bridgehead atoms. The lowest BCUT2D eigenvalue weighted by molar-refractivity contribution is -0.132. The van der Waals surface area contributed by atoms with Gasteiger partial charge in [-0.05, 0) is 23.6 Å². The van der Waals surface area contributed by atoms with Crippen molar-refractivity contribution in [2.24, 2.45) is 5.10 Å². The Kier molecular flexibility index (Phi) is 3.88. The number of rotatable bonds is 4. The highest BCUT2D eigenvalue weighted by Crippen LogP contribution is 2.34. The van der Waals surface area contributed by atoms with Gasteiger partial charge in [-0.15, -0.1) is 11.3 Å². The van der Waals surface area contributed by atoms with Crippen LogP contribution < -0.4 is 0 Å². The number of carbonyl (C=O) groups is 2. The summed E-state index contributed by atoms with van der Waals surface area (Å²) in [6, 6.07) is 7.01. The van der Waals surface area contributed by atoms with Gasteiger partial charge in [0.15, 0.2) is 0 Å². The van der Waals surface area contributed by atoms with Crippen LogP contribution in [-0.2, 0) is 9.59 Å². The van der Waals surface area contributed by atoms with Crippen molar-refractivity contribution in [3.05, 3.63) is 58.7 Å². The lowest BCUT2D eigenvalue weighted by atomic mass is 10.1. The van der Waals surface area contributed by atoms with Gasteiger partial charge in [0.2, 0.25) is 0 Å². The Bertz CT molecular complexity index is 732. The third-order valence-corrected chi connectivity index (χ3v) is 4.10. The van der Waals surface area contributed by atoms with Crippen LogP contribution in [0.2, 0.25) is 0 Å². The predicted octanol–water partition coefficient (Wildman–Crippen LogP) is 2.66. The lowest BCUT2D eigenvalue weighted by Crippen LogP contribution is -2.25. The number of thiophene rings is 1. The Morgan fingerprint density at radius 1 is 1.36 bits per heavy atom. The number of carboxylic acid groups (broad SMARTS) is 1. The highest BCUT2D eigenvalue weighted by atomic mass is 32.1. The zero-order valence-electron chi connectivity index (χ0n) is 11.4. The van der Waals surface area contributed by atoms with E-state index in [0.29, 0.717) is 12.2 Å². The highest BCUT2D eigenvalue weighted by molar-refractivity contribution is 7.12. The van der Waals surface area contributed by atoms with Crippen molar-refractivity contribution >= 4 is 28.9 Å². The summed E-state index contributed by atoms with van der Waals surface area (Å²) in [6.07, 6.45) is 3.87. The van der Waals surface area contributed by atoms with Crippen LogP contribution in [0.25, 0.3) is 0 Å². The molecule has 0 aromatic carbocycles. The maximum absolute atomic E-state index is 12.2. The Morgan fingerprint density at radius 2 is 2.23 bits per heavy atom. The second-order valence-corrected chi connectivity index (χ2v) is 5.56. The number of hydrazone groups is 1. The standard InChI is InChI=1S/C15H12N2O4S/c18-14(5-6-15(19)20)17-11(12-3-1-7-21-12)9-10(16-17)13-4-2-8-22-13/h1-8,11H,9H2,(H,19,20)/b6-5-/t11-/m0/s1. The number of furan rings is 1. The third-order valence-electron chi connectivity index (χ3n) is 3.18. The van der Waals surface area contributed by atoms with Crippen molar-refractivity contribution in [1.29, 1.82) is 0 Å². The fourth-order valence-corrected chi connectivity index (χ4v) is 2.95. The van der Waals surface area contributed by atoms with E-state index in [9.17, 15) is 9.59 Å². The summed E-state index contributed by atoms with van der Waals surface area (Å²) >= 11 is 1.54. The molecule has 7 heteroatoms. The molecule has 1 aliphatic heterocycles. The summed E-state index contributed by atoms with van der Waals surface area (Å²) in [7, 11) is 0. The van der Waals surface area contributed by atoms with Gasteiger partial charge in [0, 0.05) is 18.6 Å². The maximum atomic E-state index is 12.2. The van der Waals surface area contributed by atoms with E-state index in [0.717, 1.165) is 22.7 Å². The van der Waals surface area contributed by atoms with Crippen LogP contribution in [0.3, 0.4) is 0 Å². The normalized spacial score (nSPS) is 17.9. The smallest absolute Gasteiger partial charge is 0.328 e. The summed E-state index contributed by atoms with van der Waals surface area (Å²) in [6.45, 7) is 0. The van der Waals surface area contributed by atoms with Gasteiger partial charge in [0.05, 0.1) is 16.9 Å². The van der Waals surface area contributed by atoms with Gasteiger partial charge in [-0.25, -0.2) is 9.80 Å². The summed E-state index contributed by atoms with van der Waals surface area (Å²) in [4.78, 5) is 23.8. The average molecular weight is 316 g/mol. The van der Waals surface area contributed by atoms with E-state index >= 15 is 0 Å². The zero-order chi connectivity index (χ0) is 15.5. The van der Waals surface area contributed by atoms with Gasteiger partial charge in [0.1, 0.15) is 11.8 Å². The Labute approximate surface area is 130 Å². The predicted molar refractivity (Wildman–Crippen MR) is 80.5 cm³/mol. The number of hydrogen-bond acceptors (Lipinski definition) is 5. The number of carbonyl (C=O) groups excluding carboxylic acids is 1. The molecule has 0 spiro atoms. The summed E-state index contributed by atoms with van der Waals surface area (Å²) in [5.74, 6) is -1.05. The van der Waals surface area contributed by atoms with Crippen LogP contribution in [0.1, 0.15) is 23.1 Å². The molecule has 1 aliphatic rings. The minimum absolute atomic E-state index is 0.363. The van der Waals surface area contributed by atoms with Crippen LogP contribution in [0.4, 0.5) is 0 Å². The van der Waals surface area contributed by atoms with Crippen molar-refractivity contribution in [2.75, 3.05) is 0 Å². The summed E-state index contributed by atoms with van der Waals surface area (Å²) in [5.41, 5.74) is 0.786. The monoisotopic (exact) mass is 316 g/mol. The van der Waals surface area contributed by atoms with Crippen molar-refractivity contribution < 1.29 is 19.1 Å². The minimum atomic E-state index is -1.18. The van der Waals surface area contributed by atoms with Gasteiger partial charge in [-0.3, -0.25) is 4.79 Å². The Morgan fingerprint density at radius 3 is 2.86 bits per heavy atom. The molecule has 0 aliphatic carbocycles. The molecule has 22 heavy (non-hydrogen) atoms. The fourth-order valence-electron chi connectivity index (χ4n) is 2.23. The SMILES string of the molecule is O=C(O)/C=C\C(=O)N1N=C(c2cccs2)C[C@H]1c1ccco1. The largest absolute Gasteiger partial charge is 0.478 e. The third kappa shape index (κ3) is 2.84. The van der Waals surface area contributed by atoms with Gasteiger partial charge in [0.25, 0.3) is 5.91 Å². The van der Waals surface area contributed by atoms with Gasteiger partial charge >= 0.3 is 5.97 Å². The molecule has 2 aromatic heterocycles. The molecule has 3 heterocycles. The van der Waals surface area contributed by atoms with Gasteiger partial charge < -0.3 is 9.52 Å². The molecular weight excluding hydrogens is 304 g/mol. The van der Waals surface area contributed by atoms with E-state index in [1.54, 1.807) is 12.1 Å². The molecule has 1 N–H and O–H groups in total. The van der Waals surface area contributed by atoms with Crippen LogP contribution in [0.15, 0.2) is 57.6 Å². The number of hydrogen-bond donors (Lipinski definition) is 1. The van der Waals surface area contributed by atoms with E-state index in [4.69, 9.17) is 9.52 Å². The van der Waals surface area contributed by atoms with Gasteiger partial charge in [-0.1, -0.05) is 6.07 Å². The Hall–Kier alpha value is -2.67. The van der Waals surface area contributed by atoms with Crippen LogP contribution in [-0.4, -0.2) is 27.7 Å². The first-order valence-corrected chi connectivity index (χ1v) is 7.42. The highest BCUT2D eigenvalue weighted by Gasteiger charge is 2.34. The average Bonchev–Trinajstić information content (AvgIpc) is 3.23. The quantitative estimate of drug-likeness (QED) is 0.879. The van der Waals surface area contributed by atoms with E-state index in [1.807, 2.05) is 17.5 Å². The van der Waals surface area contributed by atoms with Crippen LogP contribution in [0, 0.1) is 0 Å². The number of aliphatic carboxylic acids is 1. The number of carboxylic acids is 1. The van der Waals surface area contributed by atoms with Crippen molar-refractivity contribution in [3.63, 3.8) is 0 Å². The molecule has 3 rings (SSSR count). The fraction of sp³-hybridized carbons (Fsp3) is 0.133.